The van der Waals surface area contributed by atoms with Gasteiger partial charge in [-0.25, -0.2) is 0 Å². The van der Waals surface area contributed by atoms with Crippen LogP contribution >= 0.6 is 0 Å². The number of unbranched alkanes of at least 4 members (excludes halogenated alkanes) is 7. The second kappa shape index (κ2) is 15.9. The summed E-state index contributed by atoms with van der Waals surface area (Å²) < 4.78 is 11.8. The monoisotopic (exact) mass is 284 g/mol. The Bertz CT molecular complexity index is 272. The maximum Gasteiger partial charge on any atom is 0.303 e. The zero-order chi connectivity index (χ0) is 14.9. The Kier molecular flexibility index (Phi) is 15.0. The van der Waals surface area contributed by atoms with Crippen molar-refractivity contribution in [2.75, 3.05) is 6.67 Å². The third kappa shape index (κ3) is 16.9. The van der Waals surface area contributed by atoms with Gasteiger partial charge in [0.2, 0.25) is 0 Å². The standard InChI is InChI=1S/C17H29FO2/c18-16-14-12-10-8-6-4-2-1-3-5-7-9-11-13-15-17(19)20/h1,3-4,6H,2,5,7-16H2,(H,19,20)/b3-1+,6-4+. The Balaban J connectivity index is 3.19. The Morgan fingerprint density at radius 1 is 0.800 bits per heavy atom. The minimum absolute atomic E-state index is 0.192. The molecule has 0 saturated carbocycles. The van der Waals surface area contributed by atoms with Crippen LogP contribution in [0.1, 0.15) is 70.6 Å². The molecule has 1 N–H and O–H groups in total. The molecule has 0 aromatic heterocycles. The van der Waals surface area contributed by atoms with Crippen LogP contribution in [0.3, 0.4) is 0 Å². The van der Waals surface area contributed by atoms with Gasteiger partial charge >= 0.3 is 5.97 Å². The van der Waals surface area contributed by atoms with E-state index in [2.05, 4.69) is 24.3 Å². The predicted molar refractivity (Wildman–Crippen MR) is 82.7 cm³/mol. The van der Waals surface area contributed by atoms with E-state index in [4.69, 9.17) is 5.11 Å². The lowest BCUT2D eigenvalue weighted by Gasteiger charge is -1.96. The van der Waals surface area contributed by atoms with Gasteiger partial charge in [-0.1, -0.05) is 43.6 Å². The first-order chi connectivity index (χ1) is 9.77. The molecule has 0 aliphatic rings. The summed E-state index contributed by atoms with van der Waals surface area (Å²) in [6.07, 6.45) is 18.9. The van der Waals surface area contributed by atoms with E-state index < -0.39 is 5.97 Å². The van der Waals surface area contributed by atoms with E-state index >= 15 is 0 Å². The molecule has 0 aliphatic carbocycles. The van der Waals surface area contributed by atoms with E-state index in [1.807, 2.05) is 0 Å². The lowest BCUT2D eigenvalue weighted by Crippen LogP contribution is -1.93. The molecule has 0 unspecified atom stereocenters. The van der Waals surface area contributed by atoms with Crippen molar-refractivity contribution in [2.45, 2.75) is 70.6 Å². The molecular formula is C17H29FO2. The number of carboxylic acids is 1. The minimum Gasteiger partial charge on any atom is -0.481 e. The van der Waals surface area contributed by atoms with Crippen molar-refractivity contribution >= 4 is 5.97 Å². The topological polar surface area (TPSA) is 37.3 Å². The van der Waals surface area contributed by atoms with Crippen molar-refractivity contribution in [1.29, 1.82) is 0 Å². The lowest BCUT2D eigenvalue weighted by atomic mass is 10.1. The van der Waals surface area contributed by atoms with Crippen LogP contribution in [0.2, 0.25) is 0 Å². The number of allylic oxidation sites excluding steroid dienone is 4. The average Bonchev–Trinajstić information content (AvgIpc) is 2.43. The lowest BCUT2D eigenvalue weighted by molar-refractivity contribution is -0.137. The van der Waals surface area contributed by atoms with E-state index in [-0.39, 0.29) is 6.67 Å². The molecule has 0 radical (unpaired) electrons. The molecule has 0 amide bonds. The minimum atomic E-state index is -0.693. The van der Waals surface area contributed by atoms with E-state index in [1.54, 1.807) is 0 Å². The van der Waals surface area contributed by atoms with Gasteiger partial charge < -0.3 is 5.11 Å². The van der Waals surface area contributed by atoms with Crippen molar-refractivity contribution in [3.63, 3.8) is 0 Å². The van der Waals surface area contributed by atoms with E-state index in [0.29, 0.717) is 12.8 Å². The molecule has 0 bridgehead atoms. The molecule has 0 fully saturated rings. The van der Waals surface area contributed by atoms with Crippen molar-refractivity contribution in [3.05, 3.63) is 24.3 Å². The largest absolute Gasteiger partial charge is 0.481 e. The Morgan fingerprint density at radius 3 is 1.90 bits per heavy atom. The van der Waals surface area contributed by atoms with Crippen LogP contribution in [0.4, 0.5) is 4.39 Å². The summed E-state index contributed by atoms with van der Waals surface area (Å²) in [7, 11) is 0. The van der Waals surface area contributed by atoms with Crippen LogP contribution in [0.5, 0.6) is 0 Å². The number of rotatable bonds is 14. The molecule has 116 valence electrons. The summed E-state index contributed by atoms with van der Waals surface area (Å²) in [5.74, 6) is -0.693. The van der Waals surface area contributed by atoms with E-state index in [1.165, 1.54) is 0 Å². The summed E-state index contributed by atoms with van der Waals surface area (Å²) in [4.78, 5) is 10.3. The predicted octanol–water partition coefficient (Wildman–Crippen LogP) is 5.44. The molecule has 0 aromatic carbocycles. The van der Waals surface area contributed by atoms with Crippen molar-refractivity contribution in [1.82, 2.24) is 0 Å². The van der Waals surface area contributed by atoms with Gasteiger partial charge in [-0.3, -0.25) is 9.18 Å². The fourth-order valence-corrected chi connectivity index (χ4v) is 1.93. The number of carboxylic acid groups (broad SMARTS) is 1. The van der Waals surface area contributed by atoms with Crippen molar-refractivity contribution in [2.24, 2.45) is 0 Å². The van der Waals surface area contributed by atoms with Crippen LogP contribution in [0.25, 0.3) is 0 Å². The number of halogens is 1. The molecule has 20 heavy (non-hydrogen) atoms. The Hall–Kier alpha value is -1.12. The first kappa shape index (κ1) is 18.9. The fourth-order valence-electron chi connectivity index (χ4n) is 1.93. The van der Waals surface area contributed by atoms with Crippen LogP contribution in [-0.4, -0.2) is 17.8 Å². The maximum absolute atomic E-state index is 11.8. The van der Waals surface area contributed by atoms with Gasteiger partial charge in [0.05, 0.1) is 6.67 Å². The van der Waals surface area contributed by atoms with Gasteiger partial charge in [-0.15, -0.1) is 0 Å². The Morgan fingerprint density at radius 2 is 1.35 bits per heavy atom. The van der Waals surface area contributed by atoms with E-state index in [0.717, 1.165) is 57.8 Å². The highest BCUT2D eigenvalue weighted by atomic mass is 19.1. The number of alkyl halides is 1. The van der Waals surface area contributed by atoms with Gasteiger partial charge in [-0.2, -0.15) is 0 Å². The fraction of sp³-hybridized carbons (Fsp3) is 0.706. The number of hydrogen-bond donors (Lipinski definition) is 1. The molecule has 0 atom stereocenters. The first-order valence-corrected chi connectivity index (χ1v) is 7.85. The summed E-state index contributed by atoms with van der Waals surface area (Å²) in [5, 5.41) is 8.48. The Labute approximate surface area is 122 Å². The molecule has 0 rings (SSSR count). The third-order valence-electron chi connectivity index (χ3n) is 3.12. The second-order valence-corrected chi connectivity index (χ2v) is 5.06. The molecule has 0 aliphatic heterocycles. The van der Waals surface area contributed by atoms with Crippen LogP contribution in [0.15, 0.2) is 24.3 Å². The third-order valence-corrected chi connectivity index (χ3v) is 3.12. The molecule has 0 saturated heterocycles. The molecule has 0 spiro atoms. The molecule has 3 heteroatoms. The molecule has 0 heterocycles. The number of carbonyl (C=O) groups is 1. The van der Waals surface area contributed by atoms with Crippen LogP contribution in [-0.2, 0) is 4.79 Å². The maximum atomic E-state index is 11.8. The van der Waals surface area contributed by atoms with Gasteiger partial charge in [0, 0.05) is 6.42 Å². The SMILES string of the molecule is O=C(O)CCCCCC/C=C/C/C=C/CCCCCF. The van der Waals surface area contributed by atoms with Crippen LogP contribution < -0.4 is 0 Å². The second-order valence-electron chi connectivity index (χ2n) is 5.06. The normalized spacial score (nSPS) is 11.7. The highest BCUT2D eigenvalue weighted by Crippen LogP contribution is 2.06. The summed E-state index contributed by atoms with van der Waals surface area (Å²) >= 11 is 0. The van der Waals surface area contributed by atoms with Gasteiger partial charge in [-0.05, 0) is 44.9 Å². The molecule has 2 nitrogen and oxygen atoms in total. The summed E-state index contributed by atoms with van der Waals surface area (Å²) in [6, 6.07) is 0. The van der Waals surface area contributed by atoms with E-state index in [9.17, 15) is 9.18 Å². The highest BCUT2D eigenvalue weighted by Gasteiger charge is 1.95. The summed E-state index contributed by atoms with van der Waals surface area (Å²) in [5.41, 5.74) is 0. The zero-order valence-corrected chi connectivity index (χ0v) is 12.5. The molecule has 0 aromatic rings. The quantitative estimate of drug-likeness (QED) is 0.340. The highest BCUT2D eigenvalue weighted by molar-refractivity contribution is 5.66. The number of hydrogen-bond acceptors (Lipinski definition) is 1. The van der Waals surface area contributed by atoms with Gasteiger partial charge in [0.1, 0.15) is 0 Å². The van der Waals surface area contributed by atoms with Gasteiger partial charge in [0.15, 0.2) is 0 Å². The molecular weight excluding hydrogens is 255 g/mol. The summed E-state index contributed by atoms with van der Waals surface area (Å²) in [6.45, 7) is -0.192. The smallest absolute Gasteiger partial charge is 0.303 e. The average molecular weight is 284 g/mol. The van der Waals surface area contributed by atoms with Crippen molar-refractivity contribution < 1.29 is 14.3 Å². The number of aliphatic carboxylic acids is 1. The van der Waals surface area contributed by atoms with Gasteiger partial charge in [0.25, 0.3) is 0 Å². The zero-order valence-electron chi connectivity index (χ0n) is 12.5. The van der Waals surface area contributed by atoms with Crippen LogP contribution in [0, 0.1) is 0 Å². The van der Waals surface area contributed by atoms with Crippen molar-refractivity contribution in [3.8, 4) is 0 Å². The first-order valence-electron chi connectivity index (χ1n) is 7.85.